The highest BCUT2D eigenvalue weighted by atomic mass is 16.3. The second-order valence-electron chi connectivity index (χ2n) is 1.85. The standard InChI is InChI=1S/C8H12O/c1-4-5-6-7(2)8(3)9/h4-6,8-9H,1-2H2,3H3. The lowest BCUT2D eigenvalue weighted by atomic mass is 10.2. The van der Waals surface area contributed by atoms with Crippen molar-refractivity contribution >= 4 is 0 Å². The first kappa shape index (κ1) is 8.18. The van der Waals surface area contributed by atoms with Crippen molar-refractivity contribution in [3.8, 4) is 0 Å². The van der Waals surface area contributed by atoms with Gasteiger partial charge in [-0.05, 0) is 12.5 Å². The summed E-state index contributed by atoms with van der Waals surface area (Å²) in [6, 6.07) is 0. The summed E-state index contributed by atoms with van der Waals surface area (Å²) >= 11 is 0. The SMILES string of the molecule is C=CC=CC(=C)C(C)O. The van der Waals surface area contributed by atoms with Gasteiger partial charge in [0.1, 0.15) is 0 Å². The smallest absolute Gasteiger partial charge is 0.0756 e. The van der Waals surface area contributed by atoms with E-state index in [4.69, 9.17) is 5.11 Å². The Bertz CT molecular complexity index is 132. The molecular formula is C8H12O. The van der Waals surface area contributed by atoms with Crippen LogP contribution in [0.4, 0.5) is 0 Å². The average molecular weight is 124 g/mol. The van der Waals surface area contributed by atoms with Gasteiger partial charge in [-0.2, -0.15) is 0 Å². The van der Waals surface area contributed by atoms with Crippen LogP contribution in [0, 0.1) is 0 Å². The number of allylic oxidation sites excluding steroid dienone is 2. The lowest BCUT2D eigenvalue weighted by Crippen LogP contribution is -1.99. The Labute approximate surface area is 56.0 Å². The second kappa shape index (κ2) is 4.10. The second-order valence-corrected chi connectivity index (χ2v) is 1.85. The van der Waals surface area contributed by atoms with E-state index < -0.39 is 6.10 Å². The third-order valence-electron chi connectivity index (χ3n) is 0.983. The van der Waals surface area contributed by atoms with Gasteiger partial charge in [-0.1, -0.05) is 31.4 Å². The fourth-order valence-electron chi connectivity index (χ4n) is 0.331. The van der Waals surface area contributed by atoms with Crippen molar-refractivity contribution < 1.29 is 5.11 Å². The van der Waals surface area contributed by atoms with Gasteiger partial charge in [0.15, 0.2) is 0 Å². The summed E-state index contributed by atoms with van der Waals surface area (Å²) in [5, 5.41) is 8.86. The molecular weight excluding hydrogens is 112 g/mol. The molecule has 0 saturated heterocycles. The molecule has 0 spiro atoms. The molecule has 0 rings (SSSR count). The van der Waals surface area contributed by atoms with Crippen molar-refractivity contribution in [1.29, 1.82) is 0 Å². The number of aliphatic hydroxyl groups excluding tert-OH is 1. The van der Waals surface area contributed by atoms with Gasteiger partial charge in [-0.15, -0.1) is 0 Å². The minimum absolute atomic E-state index is 0.457. The Kier molecular flexibility index (Phi) is 3.72. The van der Waals surface area contributed by atoms with Crippen molar-refractivity contribution in [3.05, 3.63) is 37.0 Å². The molecule has 0 aliphatic heterocycles. The predicted octanol–water partition coefficient (Wildman–Crippen LogP) is 1.67. The van der Waals surface area contributed by atoms with Crippen LogP contribution in [0.2, 0.25) is 0 Å². The van der Waals surface area contributed by atoms with E-state index in [1.54, 1.807) is 25.2 Å². The highest BCUT2D eigenvalue weighted by Gasteiger charge is 1.93. The maximum atomic E-state index is 8.86. The molecule has 1 nitrogen and oxygen atoms in total. The van der Waals surface area contributed by atoms with Crippen molar-refractivity contribution in [3.63, 3.8) is 0 Å². The van der Waals surface area contributed by atoms with Crippen LogP contribution in [-0.4, -0.2) is 11.2 Å². The summed E-state index contributed by atoms with van der Waals surface area (Å²) in [5.74, 6) is 0. The molecule has 0 saturated carbocycles. The molecule has 1 unspecified atom stereocenters. The number of hydrogen-bond donors (Lipinski definition) is 1. The Morgan fingerprint density at radius 3 is 2.56 bits per heavy atom. The molecule has 0 aromatic rings. The van der Waals surface area contributed by atoms with Crippen molar-refractivity contribution in [1.82, 2.24) is 0 Å². The molecule has 0 aliphatic carbocycles. The molecule has 0 aromatic heterocycles. The quantitative estimate of drug-likeness (QED) is 0.567. The molecule has 9 heavy (non-hydrogen) atoms. The van der Waals surface area contributed by atoms with E-state index in [2.05, 4.69) is 13.2 Å². The predicted molar refractivity (Wildman–Crippen MR) is 40.2 cm³/mol. The fourth-order valence-corrected chi connectivity index (χ4v) is 0.331. The summed E-state index contributed by atoms with van der Waals surface area (Å²) in [6.07, 6.45) is 4.67. The van der Waals surface area contributed by atoms with Crippen molar-refractivity contribution in [2.75, 3.05) is 0 Å². The first-order chi connectivity index (χ1) is 4.18. The zero-order valence-corrected chi connectivity index (χ0v) is 5.67. The van der Waals surface area contributed by atoms with Crippen molar-refractivity contribution in [2.45, 2.75) is 13.0 Å². The summed E-state index contributed by atoms with van der Waals surface area (Å²) in [4.78, 5) is 0. The molecule has 0 heterocycles. The Morgan fingerprint density at radius 2 is 2.22 bits per heavy atom. The van der Waals surface area contributed by atoms with E-state index >= 15 is 0 Å². The van der Waals surface area contributed by atoms with Crippen LogP contribution in [0.3, 0.4) is 0 Å². The minimum atomic E-state index is -0.457. The lowest BCUT2D eigenvalue weighted by molar-refractivity contribution is 0.236. The Hall–Kier alpha value is -0.820. The van der Waals surface area contributed by atoms with Crippen LogP contribution in [0.5, 0.6) is 0 Å². The summed E-state index contributed by atoms with van der Waals surface area (Å²) in [6.45, 7) is 8.77. The molecule has 0 fully saturated rings. The minimum Gasteiger partial charge on any atom is -0.389 e. The molecule has 0 aromatic carbocycles. The average Bonchev–Trinajstić information content (AvgIpc) is 1.82. The molecule has 0 amide bonds. The van der Waals surface area contributed by atoms with Crippen molar-refractivity contribution in [2.24, 2.45) is 0 Å². The third-order valence-corrected chi connectivity index (χ3v) is 0.983. The van der Waals surface area contributed by atoms with Crippen LogP contribution in [0.1, 0.15) is 6.92 Å². The lowest BCUT2D eigenvalue weighted by Gasteiger charge is -1.99. The van der Waals surface area contributed by atoms with Crippen LogP contribution < -0.4 is 0 Å². The molecule has 0 radical (unpaired) electrons. The maximum absolute atomic E-state index is 8.86. The monoisotopic (exact) mass is 124 g/mol. The van der Waals surface area contributed by atoms with Gasteiger partial charge in [-0.3, -0.25) is 0 Å². The Balaban J connectivity index is 3.76. The van der Waals surface area contributed by atoms with Gasteiger partial charge in [-0.25, -0.2) is 0 Å². The van der Waals surface area contributed by atoms with E-state index in [0.717, 1.165) is 0 Å². The number of hydrogen-bond acceptors (Lipinski definition) is 1. The van der Waals surface area contributed by atoms with Gasteiger partial charge >= 0.3 is 0 Å². The molecule has 50 valence electrons. The summed E-state index contributed by atoms with van der Waals surface area (Å²) in [7, 11) is 0. The Morgan fingerprint density at radius 1 is 1.67 bits per heavy atom. The van der Waals surface area contributed by atoms with Crippen LogP contribution in [0.15, 0.2) is 37.0 Å². The fraction of sp³-hybridized carbons (Fsp3) is 0.250. The van der Waals surface area contributed by atoms with E-state index in [0.29, 0.717) is 5.57 Å². The van der Waals surface area contributed by atoms with E-state index in [1.165, 1.54) is 0 Å². The molecule has 1 atom stereocenters. The van der Waals surface area contributed by atoms with Gasteiger partial charge in [0, 0.05) is 0 Å². The summed E-state index contributed by atoms with van der Waals surface area (Å²) < 4.78 is 0. The molecule has 0 bridgehead atoms. The van der Waals surface area contributed by atoms with Gasteiger partial charge < -0.3 is 5.11 Å². The van der Waals surface area contributed by atoms with Crippen LogP contribution in [0.25, 0.3) is 0 Å². The number of rotatable bonds is 3. The normalized spacial score (nSPS) is 13.6. The summed E-state index contributed by atoms with van der Waals surface area (Å²) in [5.41, 5.74) is 0.704. The molecule has 1 heteroatoms. The zero-order valence-electron chi connectivity index (χ0n) is 5.67. The maximum Gasteiger partial charge on any atom is 0.0756 e. The molecule has 1 N–H and O–H groups in total. The van der Waals surface area contributed by atoms with E-state index in [1.807, 2.05) is 0 Å². The first-order valence-electron chi connectivity index (χ1n) is 2.84. The van der Waals surface area contributed by atoms with Gasteiger partial charge in [0.25, 0.3) is 0 Å². The van der Waals surface area contributed by atoms with E-state index in [-0.39, 0.29) is 0 Å². The number of aliphatic hydroxyl groups is 1. The van der Waals surface area contributed by atoms with Crippen LogP contribution >= 0.6 is 0 Å². The largest absolute Gasteiger partial charge is 0.389 e. The highest BCUT2D eigenvalue weighted by molar-refractivity contribution is 5.20. The third kappa shape index (κ3) is 3.74. The zero-order chi connectivity index (χ0) is 7.28. The van der Waals surface area contributed by atoms with Gasteiger partial charge in [0.2, 0.25) is 0 Å². The topological polar surface area (TPSA) is 20.2 Å². The highest BCUT2D eigenvalue weighted by Crippen LogP contribution is 1.98. The van der Waals surface area contributed by atoms with E-state index in [9.17, 15) is 0 Å². The van der Waals surface area contributed by atoms with Gasteiger partial charge in [0.05, 0.1) is 6.10 Å². The van der Waals surface area contributed by atoms with Crippen LogP contribution in [-0.2, 0) is 0 Å². The first-order valence-corrected chi connectivity index (χ1v) is 2.84. The molecule has 0 aliphatic rings.